The maximum Gasteiger partial charge on any atom is 0.303 e. The van der Waals surface area contributed by atoms with Crippen LogP contribution in [-0.4, -0.2) is 68.0 Å². The first kappa shape index (κ1) is 33.4. The van der Waals surface area contributed by atoms with Crippen molar-refractivity contribution < 1.29 is 40.2 Å². The lowest BCUT2D eigenvalue weighted by Gasteiger charge is -2.10. The molecule has 182 valence electrons. The zero-order chi connectivity index (χ0) is 23.6. The van der Waals surface area contributed by atoms with Gasteiger partial charge in [-0.15, -0.1) is 0 Å². The fourth-order valence-electron chi connectivity index (χ4n) is 2.36. The molecule has 0 saturated carbocycles. The van der Waals surface area contributed by atoms with Crippen molar-refractivity contribution in [2.24, 2.45) is 0 Å². The van der Waals surface area contributed by atoms with Crippen LogP contribution in [0.3, 0.4) is 0 Å². The van der Waals surface area contributed by atoms with E-state index in [1.54, 1.807) is 0 Å². The zero-order valence-electron chi connectivity index (χ0n) is 19.0. The van der Waals surface area contributed by atoms with E-state index in [2.05, 4.69) is 13.8 Å². The molecule has 0 rings (SSSR count). The second-order valence-electron chi connectivity index (χ2n) is 7.32. The fourth-order valence-corrected chi connectivity index (χ4v) is 2.36. The van der Waals surface area contributed by atoms with Gasteiger partial charge in [0, 0.05) is 12.8 Å². The molecule has 0 aromatic rings. The minimum Gasteiger partial charge on any atom is -0.481 e. The van der Waals surface area contributed by atoms with Crippen LogP contribution in [0, 0.1) is 0 Å². The molecule has 0 radical (unpaired) electrons. The highest BCUT2D eigenvalue weighted by Gasteiger charge is 2.12. The number of aliphatic hydroxyl groups excluding tert-OH is 4. The summed E-state index contributed by atoms with van der Waals surface area (Å²) in [6.45, 7) is 3.30. The quantitative estimate of drug-likeness (QED) is 0.189. The van der Waals surface area contributed by atoms with E-state index < -0.39 is 37.4 Å². The Morgan fingerprint density at radius 3 is 1.07 bits per heavy atom. The van der Waals surface area contributed by atoms with Gasteiger partial charge in [-0.2, -0.15) is 0 Å². The summed E-state index contributed by atoms with van der Waals surface area (Å²) in [5.74, 6) is -1.33. The molecule has 30 heavy (non-hydrogen) atoms. The van der Waals surface area contributed by atoms with Gasteiger partial charge in [-0.05, 0) is 12.8 Å². The van der Waals surface area contributed by atoms with E-state index in [0.717, 1.165) is 25.7 Å². The molecule has 0 aromatic carbocycles. The Morgan fingerprint density at radius 1 is 0.567 bits per heavy atom. The van der Waals surface area contributed by atoms with Gasteiger partial charge in [0.15, 0.2) is 0 Å². The average Bonchev–Trinajstić information content (AvgIpc) is 2.72. The molecule has 8 nitrogen and oxygen atoms in total. The van der Waals surface area contributed by atoms with Gasteiger partial charge in [0.1, 0.15) is 12.2 Å². The van der Waals surface area contributed by atoms with Crippen molar-refractivity contribution in [3.63, 3.8) is 0 Å². The van der Waals surface area contributed by atoms with E-state index in [1.165, 1.54) is 51.4 Å². The molecule has 0 aromatic heterocycles. The molecule has 8 heteroatoms. The second-order valence-corrected chi connectivity index (χ2v) is 7.32. The van der Waals surface area contributed by atoms with E-state index in [-0.39, 0.29) is 0 Å². The van der Waals surface area contributed by atoms with E-state index in [0.29, 0.717) is 12.8 Å². The molecule has 0 heterocycles. The molecule has 0 spiro atoms. The van der Waals surface area contributed by atoms with E-state index in [4.69, 9.17) is 30.6 Å². The number of carboxylic acids is 2. The van der Waals surface area contributed by atoms with Crippen LogP contribution in [0.1, 0.15) is 104 Å². The van der Waals surface area contributed by atoms with E-state index >= 15 is 0 Å². The molecule has 2 atom stereocenters. The SMILES string of the molecule is CCCCCCCCC(=O)O.CCCCCCCCC(=O)O.OC[C@@H](O)[C@@H](O)CO. The highest BCUT2D eigenvalue weighted by Crippen LogP contribution is 2.07. The lowest BCUT2D eigenvalue weighted by Crippen LogP contribution is -2.31. The Bertz CT molecular complexity index is 329. The van der Waals surface area contributed by atoms with Crippen molar-refractivity contribution in [1.29, 1.82) is 0 Å². The minimum atomic E-state index is -1.22. The molecule has 0 aliphatic carbocycles. The summed E-state index contributed by atoms with van der Waals surface area (Å²) in [7, 11) is 0. The van der Waals surface area contributed by atoms with Gasteiger partial charge in [-0.1, -0.05) is 78.1 Å². The molecule has 0 bridgehead atoms. The summed E-state index contributed by atoms with van der Waals surface area (Å²) in [5, 5.41) is 49.8. The van der Waals surface area contributed by atoms with Gasteiger partial charge in [0.25, 0.3) is 0 Å². The predicted molar refractivity (Wildman–Crippen MR) is 117 cm³/mol. The molecule has 0 saturated heterocycles. The molecular weight excluding hydrogens is 392 g/mol. The maximum atomic E-state index is 10.1. The van der Waals surface area contributed by atoms with Crippen molar-refractivity contribution in [3.05, 3.63) is 0 Å². The number of aliphatic hydroxyl groups is 4. The third kappa shape index (κ3) is 34.3. The van der Waals surface area contributed by atoms with Gasteiger partial charge >= 0.3 is 11.9 Å². The molecule has 0 amide bonds. The maximum absolute atomic E-state index is 10.1. The Hall–Kier alpha value is -1.22. The molecule has 0 unspecified atom stereocenters. The summed E-state index contributed by atoms with van der Waals surface area (Å²) < 4.78 is 0. The molecule has 0 aliphatic heterocycles. The normalized spacial score (nSPS) is 12.1. The molecule has 0 aliphatic rings. The van der Waals surface area contributed by atoms with Gasteiger partial charge < -0.3 is 30.6 Å². The predicted octanol–water partition coefficient (Wildman–Crippen LogP) is 3.34. The van der Waals surface area contributed by atoms with E-state index in [9.17, 15) is 9.59 Å². The van der Waals surface area contributed by atoms with Crippen LogP contribution in [0.25, 0.3) is 0 Å². The summed E-state index contributed by atoms with van der Waals surface area (Å²) in [6, 6.07) is 0. The summed E-state index contributed by atoms with van der Waals surface area (Å²) in [4.78, 5) is 20.2. The Kier molecular flexibility index (Phi) is 30.9. The zero-order valence-corrected chi connectivity index (χ0v) is 19.0. The van der Waals surface area contributed by atoms with Crippen molar-refractivity contribution in [1.82, 2.24) is 0 Å². The first-order valence-electron chi connectivity index (χ1n) is 11.3. The van der Waals surface area contributed by atoms with Crippen molar-refractivity contribution in [3.8, 4) is 0 Å². The minimum absolute atomic E-state index is 0.339. The first-order chi connectivity index (χ1) is 14.3. The monoisotopic (exact) mass is 438 g/mol. The van der Waals surface area contributed by atoms with Crippen LogP contribution < -0.4 is 0 Å². The van der Waals surface area contributed by atoms with Crippen LogP contribution in [-0.2, 0) is 9.59 Å². The number of hydrogen-bond donors (Lipinski definition) is 6. The van der Waals surface area contributed by atoms with Gasteiger partial charge in [0.05, 0.1) is 13.2 Å². The largest absolute Gasteiger partial charge is 0.481 e. The van der Waals surface area contributed by atoms with Gasteiger partial charge in [0.2, 0.25) is 0 Å². The number of rotatable bonds is 17. The van der Waals surface area contributed by atoms with Crippen LogP contribution in [0.5, 0.6) is 0 Å². The fraction of sp³-hybridized carbons (Fsp3) is 0.909. The van der Waals surface area contributed by atoms with Crippen LogP contribution in [0.4, 0.5) is 0 Å². The number of hydrogen-bond acceptors (Lipinski definition) is 6. The first-order valence-corrected chi connectivity index (χ1v) is 11.3. The molecule has 6 N–H and O–H groups in total. The third-order valence-corrected chi connectivity index (χ3v) is 4.31. The summed E-state index contributed by atoms with van der Waals surface area (Å²) in [6.07, 6.45) is 12.1. The van der Waals surface area contributed by atoms with Crippen molar-refractivity contribution in [2.75, 3.05) is 13.2 Å². The molecule has 0 fully saturated rings. The summed E-state index contributed by atoms with van der Waals surface area (Å²) >= 11 is 0. The van der Waals surface area contributed by atoms with Crippen molar-refractivity contribution >= 4 is 11.9 Å². The standard InChI is InChI=1S/2C9H18O2.C4H10O4/c2*1-2-3-4-5-6-7-8-9(10)11;5-1-3(7)4(8)2-6/h2*2-8H2,1H3,(H,10,11);3-8H,1-2H2/t;;3-,4+. The highest BCUT2D eigenvalue weighted by atomic mass is 16.4. The summed E-state index contributed by atoms with van der Waals surface area (Å²) in [5.41, 5.74) is 0. The Labute approximate surface area is 182 Å². The number of unbranched alkanes of at least 4 members (excludes halogenated alkanes) is 10. The third-order valence-electron chi connectivity index (χ3n) is 4.31. The number of carbonyl (C=O) groups is 2. The topological polar surface area (TPSA) is 156 Å². The highest BCUT2D eigenvalue weighted by molar-refractivity contribution is 5.66. The average molecular weight is 439 g/mol. The van der Waals surface area contributed by atoms with Crippen LogP contribution in [0.15, 0.2) is 0 Å². The lowest BCUT2D eigenvalue weighted by molar-refractivity contribution is -0.138. The van der Waals surface area contributed by atoms with E-state index in [1.807, 2.05) is 0 Å². The van der Waals surface area contributed by atoms with Crippen molar-refractivity contribution in [2.45, 2.75) is 116 Å². The second kappa shape index (κ2) is 27.8. The Morgan fingerprint density at radius 2 is 0.833 bits per heavy atom. The smallest absolute Gasteiger partial charge is 0.303 e. The van der Waals surface area contributed by atoms with Gasteiger partial charge in [-0.3, -0.25) is 9.59 Å². The van der Waals surface area contributed by atoms with Gasteiger partial charge in [-0.25, -0.2) is 0 Å². The number of aliphatic carboxylic acids is 2. The number of carboxylic acid groups (broad SMARTS) is 2. The Balaban J connectivity index is -0.000000370. The lowest BCUT2D eigenvalue weighted by atomic mass is 10.1. The molecular formula is C22H46O8. The van der Waals surface area contributed by atoms with Crippen LogP contribution >= 0.6 is 0 Å². The van der Waals surface area contributed by atoms with Crippen LogP contribution in [0.2, 0.25) is 0 Å².